The van der Waals surface area contributed by atoms with E-state index >= 15 is 0 Å². The van der Waals surface area contributed by atoms with Gasteiger partial charge in [-0.3, -0.25) is 9.97 Å². The Morgan fingerprint density at radius 2 is 0.444 bits per heavy atom. The van der Waals surface area contributed by atoms with E-state index in [0.29, 0.717) is 0 Å². The van der Waals surface area contributed by atoms with Crippen LogP contribution < -0.4 is 0 Å². The van der Waals surface area contributed by atoms with Gasteiger partial charge in [-0.05, 0) is 139 Å². The summed E-state index contributed by atoms with van der Waals surface area (Å²) in [7, 11) is 0. The Kier molecular flexibility index (Phi) is 8.99. The molecular weight excluding hydrogens is 653 g/mol. The number of nitrogens with zero attached hydrogens (tertiary/aromatic N) is 2. The van der Waals surface area contributed by atoms with Gasteiger partial charge in [-0.15, -0.1) is 0 Å². The molecule has 0 aliphatic heterocycles. The Balaban J connectivity index is 1.13. The van der Waals surface area contributed by atoms with Gasteiger partial charge in [0.15, 0.2) is 0 Å². The summed E-state index contributed by atoms with van der Waals surface area (Å²) in [5, 5.41) is 0. The molecule has 54 heavy (non-hydrogen) atoms. The zero-order valence-corrected chi connectivity index (χ0v) is 29.7. The van der Waals surface area contributed by atoms with Crippen molar-refractivity contribution in [2.45, 2.75) is 0 Å². The minimum atomic E-state index is 1.07. The SMILES string of the molecule is c1ccc(-c2ccc(-c3cccc(-c4cccc(-c5cc(-c6ccccc6)cc(-c6cc(-c7cccnc7)cc(-c7cccnc7)c6)c5)c4)c3)cc2)cc1. The summed E-state index contributed by atoms with van der Waals surface area (Å²) >= 11 is 0. The first kappa shape index (κ1) is 32.7. The third-order valence-corrected chi connectivity index (χ3v) is 10.0. The van der Waals surface area contributed by atoms with Crippen LogP contribution in [0.25, 0.3) is 89.0 Å². The summed E-state index contributed by atoms with van der Waals surface area (Å²) in [5.74, 6) is 0. The van der Waals surface area contributed by atoms with Crippen molar-refractivity contribution in [3.63, 3.8) is 0 Å². The van der Waals surface area contributed by atoms with Crippen LogP contribution in [0.15, 0.2) is 219 Å². The van der Waals surface area contributed by atoms with E-state index in [0.717, 1.165) is 38.9 Å². The summed E-state index contributed by atoms with van der Waals surface area (Å²) in [6.45, 7) is 0. The van der Waals surface area contributed by atoms with E-state index in [-0.39, 0.29) is 0 Å². The van der Waals surface area contributed by atoms with Crippen molar-refractivity contribution < 1.29 is 0 Å². The number of aromatic nitrogens is 2. The smallest absolute Gasteiger partial charge is 0.0346 e. The average molecular weight is 689 g/mol. The maximum atomic E-state index is 4.43. The third kappa shape index (κ3) is 7.01. The van der Waals surface area contributed by atoms with Gasteiger partial charge in [0.05, 0.1) is 0 Å². The molecule has 0 radical (unpaired) electrons. The topological polar surface area (TPSA) is 25.8 Å². The molecule has 2 aromatic heterocycles. The minimum absolute atomic E-state index is 1.07. The van der Waals surface area contributed by atoms with E-state index in [2.05, 4.69) is 192 Å². The highest BCUT2D eigenvalue weighted by molar-refractivity contribution is 5.87. The maximum Gasteiger partial charge on any atom is 0.0346 e. The summed E-state index contributed by atoms with van der Waals surface area (Å²) in [4.78, 5) is 8.86. The molecule has 9 aromatic rings. The summed E-state index contributed by atoms with van der Waals surface area (Å²) in [6.07, 6.45) is 7.49. The van der Waals surface area contributed by atoms with Crippen molar-refractivity contribution in [1.29, 1.82) is 0 Å². The first-order valence-electron chi connectivity index (χ1n) is 18.3. The van der Waals surface area contributed by atoms with E-state index in [1.807, 2.05) is 36.9 Å². The third-order valence-electron chi connectivity index (χ3n) is 10.0. The maximum absolute atomic E-state index is 4.43. The van der Waals surface area contributed by atoms with Crippen LogP contribution in [-0.2, 0) is 0 Å². The van der Waals surface area contributed by atoms with E-state index in [1.54, 1.807) is 0 Å². The molecule has 2 nitrogen and oxygen atoms in total. The summed E-state index contributed by atoms with van der Waals surface area (Å²) < 4.78 is 0. The molecule has 9 rings (SSSR count). The Morgan fingerprint density at radius 3 is 0.870 bits per heavy atom. The van der Waals surface area contributed by atoms with E-state index < -0.39 is 0 Å². The molecule has 7 aromatic carbocycles. The predicted molar refractivity (Wildman–Crippen MR) is 226 cm³/mol. The highest BCUT2D eigenvalue weighted by atomic mass is 14.6. The molecule has 0 unspecified atom stereocenters. The first-order chi connectivity index (χ1) is 26.7. The number of benzene rings is 7. The summed E-state index contributed by atoms with van der Waals surface area (Å²) in [5.41, 5.74) is 18.5. The number of pyridine rings is 2. The van der Waals surface area contributed by atoms with E-state index in [9.17, 15) is 0 Å². The monoisotopic (exact) mass is 688 g/mol. The lowest BCUT2D eigenvalue weighted by Crippen LogP contribution is -1.90. The fourth-order valence-corrected chi connectivity index (χ4v) is 7.20. The van der Waals surface area contributed by atoms with Crippen molar-refractivity contribution in [3.8, 4) is 89.0 Å². The molecule has 254 valence electrons. The lowest BCUT2D eigenvalue weighted by atomic mass is 9.89. The molecule has 0 amide bonds. The number of rotatable bonds is 8. The minimum Gasteiger partial charge on any atom is -0.264 e. The highest BCUT2D eigenvalue weighted by Gasteiger charge is 2.13. The standard InChI is InChI=1S/C52H36N2/c1-3-11-37(12-4-1)39-21-23-40(24-22-39)41-15-7-16-42(27-41)43-17-8-18-44(28-43)48-29-47(38-13-5-2-6-14-38)30-51(31-48)52-33-49(45-19-9-25-53-35-45)32-50(34-52)46-20-10-26-54-36-46/h1-36H. The second kappa shape index (κ2) is 14.8. The first-order valence-corrected chi connectivity index (χ1v) is 18.3. The Hall–Kier alpha value is -7.16. The fraction of sp³-hybridized carbons (Fsp3) is 0. The van der Waals surface area contributed by atoms with Gasteiger partial charge in [0.1, 0.15) is 0 Å². The van der Waals surface area contributed by atoms with Gasteiger partial charge in [-0.25, -0.2) is 0 Å². The number of hydrogen-bond acceptors (Lipinski definition) is 2. The Morgan fingerprint density at radius 1 is 0.185 bits per heavy atom. The fourth-order valence-electron chi connectivity index (χ4n) is 7.20. The van der Waals surface area contributed by atoms with Crippen LogP contribution in [0.4, 0.5) is 0 Å². The van der Waals surface area contributed by atoms with Gasteiger partial charge >= 0.3 is 0 Å². The van der Waals surface area contributed by atoms with E-state index in [1.165, 1.54) is 50.1 Å². The van der Waals surface area contributed by atoms with Crippen LogP contribution in [0.5, 0.6) is 0 Å². The molecule has 0 aliphatic carbocycles. The molecule has 0 atom stereocenters. The molecule has 0 saturated heterocycles. The molecular formula is C52H36N2. The zero-order valence-electron chi connectivity index (χ0n) is 29.7. The van der Waals surface area contributed by atoms with Crippen LogP contribution in [0, 0.1) is 0 Å². The van der Waals surface area contributed by atoms with Crippen molar-refractivity contribution in [3.05, 3.63) is 219 Å². The average Bonchev–Trinajstić information content (AvgIpc) is 3.27. The molecule has 0 spiro atoms. The largest absolute Gasteiger partial charge is 0.264 e. The predicted octanol–water partition coefficient (Wildman–Crippen LogP) is 13.8. The molecule has 2 heteroatoms. The van der Waals surface area contributed by atoms with Gasteiger partial charge in [-0.2, -0.15) is 0 Å². The van der Waals surface area contributed by atoms with Crippen molar-refractivity contribution >= 4 is 0 Å². The second-order valence-corrected chi connectivity index (χ2v) is 13.6. The summed E-state index contributed by atoms with van der Waals surface area (Å²) in [6, 6.07) is 69.8. The van der Waals surface area contributed by atoms with Crippen LogP contribution in [-0.4, -0.2) is 9.97 Å². The molecule has 0 bridgehead atoms. The van der Waals surface area contributed by atoms with Crippen molar-refractivity contribution in [2.24, 2.45) is 0 Å². The van der Waals surface area contributed by atoms with Crippen molar-refractivity contribution in [1.82, 2.24) is 9.97 Å². The second-order valence-electron chi connectivity index (χ2n) is 13.6. The lowest BCUT2D eigenvalue weighted by molar-refractivity contribution is 1.32. The van der Waals surface area contributed by atoms with Gasteiger partial charge in [-0.1, -0.05) is 133 Å². The van der Waals surface area contributed by atoms with Gasteiger partial charge < -0.3 is 0 Å². The molecule has 0 saturated carbocycles. The lowest BCUT2D eigenvalue weighted by Gasteiger charge is -2.15. The number of hydrogen-bond donors (Lipinski definition) is 0. The van der Waals surface area contributed by atoms with Gasteiger partial charge in [0.2, 0.25) is 0 Å². The van der Waals surface area contributed by atoms with Crippen LogP contribution in [0.1, 0.15) is 0 Å². The molecule has 0 N–H and O–H groups in total. The molecule has 2 heterocycles. The molecule has 0 aliphatic rings. The Labute approximate surface area is 316 Å². The Bertz CT molecular complexity index is 2610. The van der Waals surface area contributed by atoms with Crippen LogP contribution in [0.2, 0.25) is 0 Å². The quantitative estimate of drug-likeness (QED) is 0.159. The van der Waals surface area contributed by atoms with Crippen LogP contribution in [0.3, 0.4) is 0 Å². The van der Waals surface area contributed by atoms with E-state index in [4.69, 9.17) is 0 Å². The zero-order chi connectivity index (χ0) is 36.1. The van der Waals surface area contributed by atoms with Crippen molar-refractivity contribution in [2.75, 3.05) is 0 Å². The van der Waals surface area contributed by atoms with Crippen LogP contribution >= 0.6 is 0 Å². The van der Waals surface area contributed by atoms with Gasteiger partial charge in [0, 0.05) is 35.9 Å². The normalized spacial score (nSPS) is 11.0. The van der Waals surface area contributed by atoms with Gasteiger partial charge in [0.25, 0.3) is 0 Å². The highest BCUT2D eigenvalue weighted by Crippen LogP contribution is 2.38. The molecule has 0 fully saturated rings.